The van der Waals surface area contributed by atoms with Crippen LogP contribution in [0, 0.1) is 35.2 Å². The highest BCUT2D eigenvalue weighted by molar-refractivity contribution is 7.92. The van der Waals surface area contributed by atoms with E-state index in [4.69, 9.17) is 11.6 Å². The Bertz CT molecular complexity index is 1540. The normalized spacial score (nSPS) is 25.5. The monoisotopic (exact) mass is 645 g/mol. The van der Waals surface area contributed by atoms with Crippen LogP contribution in [0.25, 0.3) is 0 Å². The lowest BCUT2D eigenvalue weighted by Gasteiger charge is -2.43. The molecule has 0 saturated heterocycles. The van der Waals surface area contributed by atoms with Crippen LogP contribution in [0.1, 0.15) is 43.5 Å². The Morgan fingerprint density at radius 3 is 2.37 bits per heavy atom. The van der Waals surface area contributed by atoms with E-state index in [2.05, 4.69) is 20.7 Å². The van der Waals surface area contributed by atoms with Gasteiger partial charge in [0.15, 0.2) is 27.3 Å². The van der Waals surface area contributed by atoms with Gasteiger partial charge in [-0.1, -0.05) is 18.5 Å². The molecule has 2 fully saturated rings. The second-order valence-electron chi connectivity index (χ2n) is 11.1. The molecule has 6 atom stereocenters. The van der Waals surface area contributed by atoms with E-state index in [9.17, 15) is 41.1 Å². The van der Waals surface area contributed by atoms with Crippen molar-refractivity contribution in [2.24, 2.45) is 17.8 Å². The number of hydrogen-bond acceptors (Lipinski definition) is 7. The average molecular weight is 646 g/mol. The number of ether oxygens (including phenoxy) is 1. The largest absolute Gasteiger partial charge is 0.453 e. The zero-order valence-corrected chi connectivity index (χ0v) is 25.0. The molecule has 0 spiro atoms. The standard InChI is InChI=1S/C28H31ClF3N3O7S/c1-13-6-16-8-18(11-19(13)28(16,39)12-33-25(36)14(2)34-27(38)42-3)43(40,41)23-7-15(4-5-20(23)29)26(37)35-17-9-21(30)24(32)22(31)10-17/h4-5,7,9-10,13-14,16,18-19,39H,6,8,11-12H2,1-3H3,(H,33,36)(H,34,38)(H,35,37)/t13-,14+,16?,18+,19+,28+/m0/s1. The second-order valence-corrected chi connectivity index (χ2v) is 13.7. The molecule has 2 aliphatic carbocycles. The van der Waals surface area contributed by atoms with Crippen LogP contribution < -0.4 is 16.0 Å². The molecule has 4 N–H and O–H groups in total. The minimum absolute atomic E-state index is 0.0588. The number of halogens is 4. The van der Waals surface area contributed by atoms with E-state index in [0.717, 1.165) is 13.2 Å². The molecule has 2 aromatic rings. The third-order valence-electron chi connectivity index (χ3n) is 8.40. The number of carbonyl (C=O) groups excluding carboxylic acids is 3. The lowest BCUT2D eigenvalue weighted by atomic mass is 9.73. The van der Waals surface area contributed by atoms with E-state index < -0.39 is 73.9 Å². The minimum Gasteiger partial charge on any atom is -0.453 e. The third-order valence-corrected chi connectivity index (χ3v) is 11.1. The Morgan fingerprint density at radius 2 is 1.77 bits per heavy atom. The maximum Gasteiger partial charge on any atom is 0.407 e. The summed E-state index contributed by atoms with van der Waals surface area (Å²) in [7, 11) is -2.98. The van der Waals surface area contributed by atoms with Crippen LogP contribution in [0.15, 0.2) is 35.2 Å². The fourth-order valence-electron chi connectivity index (χ4n) is 6.13. The summed E-state index contributed by atoms with van der Waals surface area (Å²) in [6.07, 6.45) is -0.158. The molecular weight excluding hydrogens is 615 g/mol. The van der Waals surface area contributed by atoms with Gasteiger partial charge in [0.2, 0.25) is 5.91 Å². The van der Waals surface area contributed by atoms with Crippen molar-refractivity contribution in [3.05, 3.63) is 58.4 Å². The van der Waals surface area contributed by atoms with Gasteiger partial charge in [-0.15, -0.1) is 0 Å². The number of aliphatic hydroxyl groups is 1. The molecule has 2 aliphatic rings. The quantitative estimate of drug-likeness (QED) is 0.319. The first-order valence-corrected chi connectivity index (χ1v) is 15.3. The van der Waals surface area contributed by atoms with Gasteiger partial charge in [-0.3, -0.25) is 9.59 Å². The molecule has 0 aliphatic heterocycles. The van der Waals surface area contributed by atoms with Crippen molar-refractivity contribution in [2.75, 3.05) is 19.0 Å². The summed E-state index contributed by atoms with van der Waals surface area (Å²) in [6.45, 7) is 3.20. The summed E-state index contributed by atoms with van der Waals surface area (Å²) in [5, 5.41) is 17.7. The van der Waals surface area contributed by atoms with Gasteiger partial charge in [-0.05, 0) is 62.1 Å². The van der Waals surface area contributed by atoms with E-state index in [0.29, 0.717) is 18.6 Å². The van der Waals surface area contributed by atoms with E-state index in [1.165, 1.54) is 19.1 Å². The Balaban J connectivity index is 1.51. The number of amides is 3. The highest BCUT2D eigenvalue weighted by atomic mass is 35.5. The Hall–Kier alpha value is -3.36. The average Bonchev–Trinajstić information content (AvgIpc) is 3.06. The molecule has 15 heteroatoms. The van der Waals surface area contributed by atoms with Crippen molar-refractivity contribution < 1.29 is 45.8 Å². The molecule has 2 aromatic carbocycles. The van der Waals surface area contributed by atoms with Crippen LogP contribution in [0.5, 0.6) is 0 Å². The number of methoxy groups -OCH3 is 1. The van der Waals surface area contributed by atoms with E-state index in [1.54, 1.807) is 0 Å². The van der Waals surface area contributed by atoms with Gasteiger partial charge in [0.05, 0.1) is 27.9 Å². The fourth-order valence-corrected chi connectivity index (χ4v) is 8.51. The van der Waals surface area contributed by atoms with E-state index in [1.807, 2.05) is 6.92 Å². The van der Waals surface area contributed by atoms with Crippen LogP contribution in [0.2, 0.25) is 5.02 Å². The highest BCUT2D eigenvalue weighted by Gasteiger charge is 2.58. The van der Waals surface area contributed by atoms with Crippen LogP contribution in [0.4, 0.5) is 23.7 Å². The molecule has 0 heterocycles. The number of alkyl carbamates (subject to hydrolysis) is 1. The summed E-state index contributed by atoms with van der Waals surface area (Å²) in [4.78, 5) is 36.4. The first-order valence-electron chi connectivity index (χ1n) is 13.4. The molecule has 0 aromatic heterocycles. The number of fused-ring (bicyclic) bond motifs is 2. The molecule has 0 radical (unpaired) electrons. The molecule has 234 valence electrons. The Kier molecular flexibility index (Phi) is 9.33. The highest BCUT2D eigenvalue weighted by Crippen LogP contribution is 2.54. The van der Waals surface area contributed by atoms with Crippen LogP contribution in [-0.4, -0.2) is 62.0 Å². The van der Waals surface area contributed by atoms with E-state index in [-0.39, 0.29) is 46.5 Å². The van der Waals surface area contributed by atoms with Crippen molar-refractivity contribution in [3.63, 3.8) is 0 Å². The van der Waals surface area contributed by atoms with Gasteiger partial charge < -0.3 is 25.8 Å². The van der Waals surface area contributed by atoms with Crippen LogP contribution in [-0.2, 0) is 19.4 Å². The number of sulfone groups is 1. The first kappa shape index (κ1) is 32.6. The van der Waals surface area contributed by atoms with Crippen LogP contribution in [0.3, 0.4) is 0 Å². The first-order chi connectivity index (χ1) is 20.1. The number of carbonyl (C=O) groups is 3. The zero-order chi connectivity index (χ0) is 31.9. The van der Waals surface area contributed by atoms with Gasteiger partial charge in [0.25, 0.3) is 5.91 Å². The van der Waals surface area contributed by atoms with E-state index >= 15 is 0 Å². The lowest BCUT2D eigenvalue weighted by Crippen LogP contribution is -2.57. The van der Waals surface area contributed by atoms with Crippen molar-refractivity contribution in [3.8, 4) is 0 Å². The molecular formula is C28H31ClF3N3O7S. The van der Waals surface area contributed by atoms with Gasteiger partial charge in [0.1, 0.15) is 6.04 Å². The van der Waals surface area contributed by atoms with Crippen molar-refractivity contribution in [2.45, 2.75) is 54.9 Å². The molecule has 10 nitrogen and oxygen atoms in total. The SMILES string of the molecule is COC(=O)N[C@H](C)C(=O)NC[C@@]1(O)C2C[C@@H](S(=O)(=O)c3cc(C(=O)Nc4cc(F)c(F)c(F)c4)ccc3Cl)C[C@@H]1[C@@H](C)C2. The summed E-state index contributed by atoms with van der Waals surface area (Å²) in [5.41, 5.74) is -1.94. The second kappa shape index (κ2) is 12.3. The number of anilines is 1. The Labute approximate surface area is 251 Å². The number of benzene rings is 2. The fraction of sp³-hybridized carbons (Fsp3) is 0.464. The predicted octanol–water partition coefficient (Wildman–Crippen LogP) is 3.81. The third kappa shape index (κ3) is 6.46. The van der Waals surface area contributed by atoms with Crippen molar-refractivity contribution in [1.29, 1.82) is 0 Å². The minimum atomic E-state index is -4.14. The number of rotatable bonds is 8. The maximum atomic E-state index is 13.8. The predicted molar refractivity (Wildman–Crippen MR) is 150 cm³/mol. The topological polar surface area (TPSA) is 151 Å². The maximum absolute atomic E-state index is 13.8. The summed E-state index contributed by atoms with van der Waals surface area (Å²) in [5.74, 6) is -7.23. The van der Waals surface area contributed by atoms with Gasteiger partial charge in [0, 0.05) is 29.9 Å². The zero-order valence-electron chi connectivity index (χ0n) is 23.4. The Morgan fingerprint density at radius 1 is 1.12 bits per heavy atom. The van der Waals surface area contributed by atoms with Crippen molar-refractivity contribution >= 4 is 45.0 Å². The van der Waals surface area contributed by atoms with Gasteiger partial charge >= 0.3 is 6.09 Å². The smallest absolute Gasteiger partial charge is 0.407 e. The van der Waals surface area contributed by atoms with Gasteiger partial charge in [-0.2, -0.15) is 0 Å². The summed E-state index contributed by atoms with van der Waals surface area (Å²) < 4.78 is 72.6. The summed E-state index contributed by atoms with van der Waals surface area (Å²) >= 11 is 6.27. The summed E-state index contributed by atoms with van der Waals surface area (Å²) in [6, 6.07) is 3.74. The molecule has 1 unspecified atom stereocenters. The molecule has 2 saturated carbocycles. The van der Waals surface area contributed by atoms with Crippen LogP contribution >= 0.6 is 11.6 Å². The number of nitrogens with one attached hydrogen (secondary N) is 3. The number of hydrogen-bond donors (Lipinski definition) is 4. The molecule has 43 heavy (non-hydrogen) atoms. The lowest BCUT2D eigenvalue weighted by molar-refractivity contribution is -0.126. The molecule has 4 rings (SSSR count). The van der Waals surface area contributed by atoms with Crippen molar-refractivity contribution in [1.82, 2.24) is 10.6 Å². The molecule has 2 bridgehead atoms. The van der Waals surface area contributed by atoms with Gasteiger partial charge in [-0.25, -0.2) is 26.4 Å². The molecule has 3 amide bonds.